The molecule has 0 fully saturated rings. The fourth-order valence-electron chi connectivity index (χ4n) is 2.39. The lowest BCUT2D eigenvalue weighted by atomic mass is 9.97. The maximum Gasteiger partial charge on any atom is 0.338 e. The summed E-state index contributed by atoms with van der Waals surface area (Å²) < 4.78 is 43.7. The number of rotatable bonds is 6. The van der Waals surface area contributed by atoms with Crippen LogP contribution in [0.5, 0.6) is 5.75 Å². The van der Waals surface area contributed by atoms with E-state index in [2.05, 4.69) is 0 Å². The molecule has 0 spiro atoms. The van der Waals surface area contributed by atoms with E-state index in [1.807, 2.05) is 0 Å². The zero-order valence-electron chi connectivity index (χ0n) is 13.4. The van der Waals surface area contributed by atoms with Gasteiger partial charge in [-0.15, -0.1) is 0 Å². The SMILES string of the molecule is CCOC(=O)c1cc(O)c(C(O)c2ccc(CC(F)F)cc2)c(F)c1. The summed E-state index contributed by atoms with van der Waals surface area (Å²) in [5.74, 6) is -2.38. The van der Waals surface area contributed by atoms with Crippen LogP contribution in [0.3, 0.4) is 0 Å². The highest BCUT2D eigenvalue weighted by Crippen LogP contribution is 2.33. The van der Waals surface area contributed by atoms with Gasteiger partial charge in [-0.1, -0.05) is 24.3 Å². The highest BCUT2D eigenvalue weighted by molar-refractivity contribution is 5.90. The van der Waals surface area contributed by atoms with E-state index in [1.165, 1.54) is 24.3 Å². The third kappa shape index (κ3) is 4.51. The third-order valence-electron chi connectivity index (χ3n) is 3.58. The van der Waals surface area contributed by atoms with Gasteiger partial charge in [-0.3, -0.25) is 0 Å². The monoisotopic (exact) mass is 354 g/mol. The predicted molar refractivity (Wildman–Crippen MR) is 84.2 cm³/mol. The molecular formula is C18H17F3O4. The van der Waals surface area contributed by atoms with Gasteiger partial charge in [-0.05, 0) is 30.2 Å². The molecule has 0 amide bonds. The number of halogens is 3. The van der Waals surface area contributed by atoms with E-state index >= 15 is 0 Å². The molecule has 1 atom stereocenters. The molecule has 0 bridgehead atoms. The number of aliphatic hydroxyl groups excluding tert-OH is 1. The molecule has 25 heavy (non-hydrogen) atoms. The molecule has 134 valence electrons. The Hall–Kier alpha value is -2.54. The first-order valence-electron chi connectivity index (χ1n) is 7.58. The van der Waals surface area contributed by atoms with Gasteiger partial charge in [0.05, 0.1) is 17.7 Å². The molecule has 0 radical (unpaired) electrons. The minimum Gasteiger partial charge on any atom is -0.507 e. The van der Waals surface area contributed by atoms with E-state index in [1.54, 1.807) is 6.92 Å². The summed E-state index contributed by atoms with van der Waals surface area (Å²) in [7, 11) is 0. The molecule has 2 N–H and O–H groups in total. The van der Waals surface area contributed by atoms with Gasteiger partial charge in [0.2, 0.25) is 6.43 Å². The van der Waals surface area contributed by atoms with Crippen LogP contribution >= 0.6 is 0 Å². The van der Waals surface area contributed by atoms with Crippen molar-refractivity contribution in [3.63, 3.8) is 0 Å². The van der Waals surface area contributed by atoms with Crippen LogP contribution in [0.25, 0.3) is 0 Å². The van der Waals surface area contributed by atoms with Crippen molar-refractivity contribution in [2.45, 2.75) is 25.9 Å². The number of esters is 1. The minimum atomic E-state index is -2.49. The lowest BCUT2D eigenvalue weighted by molar-refractivity contribution is 0.0525. The average Bonchev–Trinajstić information content (AvgIpc) is 2.54. The van der Waals surface area contributed by atoms with E-state index < -0.39 is 42.0 Å². The number of aromatic hydroxyl groups is 1. The molecule has 7 heteroatoms. The highest BCUT2D eigenvalue weighted by atomic mass is 19.3. The second kappa shape index (κ2) is 8.02. The van der Waals surface area contributed by atoms with Crippen molar-refractivity contribution in [1.82, 2.24) is 0 Å². The number of ether oxygens (including phenoxy) is 1. The highest BCUT2D eigenvalue weighted by Gasteiger charge is 2.22. The zero-order valence-corrected chi connectivity index (χ0v) is 13.4. The van der Waals surface area contributed by atoms with E-state index in [0.717, 1.165) is 12.1 Å². The predicted octanol–water partition coefficient (Wildman–Crippen LogP) is 3.60. The summed E-state index contributed by atoms with van der Waals surface area (Å²) in [4.78, 5) is 11.6. The van der Waals surface area contributed by atoms with Crippen LogP contribution in [0.4, 0.5) is 13.2 Å². The number of carbonyl (C=O) groups is 1. The Morgan fingerprint density at radius 3 is 2.36 bits per heavy atom. The molecular weight excluding hydrogens is 337 g/mol. The molecule has 0 saturated carbocycles. The Balaban J connectivity index is 2.29. The van der Waals surface area contributed by atoms with Crippen molar-refractivity contribution in [3.8, 4) is 5.75 Å². The molecule has 2 aromatic carbocycles. The number of carbonyl (C=O) groups excluding carboxylic acids is 1. The maximum atomic E-state index is 14.3. The topological polar surface area (TPSA) is 66.8 Å². The van der Waals surface area contributed by atoms with Crippen molar-refractivity contribution >= 4 is 5.97 Å². The van der Waals surface area contributed by atoms with Gasteiger partial charge in [0, 0.05) is 6.42 Å². The van der Waals surface area contributed by atoms with Crippen LogP contribution in [0, 0.1) is 5.82 Å². The van der Waals surface area contributed by atoms with Crippen molar-refractivity contribution in [1.29, 1.82) is 0 Å². The molecule has 1 unspecified atom stereocenters. The second-order valence-electron chi connectivity index (χ2n) is 5.35. The molecule has 0 heterocycles. The largest absolute Gasteiger partial charge is 0.507 e. The lowest BCUT2D eigenvalue weighted by Gasteiger charge is -2.15. The fourth-order valence-corrected chi connectivity index (χ4v) is 2.39. The first kappa shape index (κ1) is 18.8. The van der Waals surface area contributed by atoms with Crippen molar-refractivity contribution in [2.75, 3.05) is 6.61 Å². The summed E-state index contributed by atoms with van der Waals surface area (Å²) >= 11 is 0. The lowest BCUT2D eigenvalue weighted by Crippen LogP contribution is -2.09. The van der Waals surface area contributed by atoms with Gasteiger partial charge in [-0.2, -0.15) is 0 Å². The molecule has 0 aliphatic rings. The Bertz CT molecular complexity index is 721. The maximum absolute atomic E-state index is 14.3. The van der Waals surface area contributed by atoms with Gasteiger partial charge in [0.15, 0.2) is 0 Å². The first-order chi connectivity index (χ1) is 11.8. The van der Waals surface area contributed by atoms with Gasteiger partial charge in [-0.25, -0.2) is 18.0 Å². The quantitative estimate of drug-likeness (QED) is 0.778. The second-order valence-corrected chi connectivity index (χ2v) is 5.35. The number of phenols is 1. The summed E-state index contributed by atoms with van der Waals surface area (Å²) in [6.45, 7) is 1.68. The third-order valence-corrected chi connectivity index (χ3v) is 3.58. The number of benzene rings is 2. The molecule has 0 aromatic heterocycles. The standard InChI is InChI=1S/C18H17F3O4/c1-2-25-18(24)12-8-13(19)16(14(22)9-12)17(23)11-5-3-10(4-6-11)7-15(20)21/h3-6,8-9,15,17,22-23H,2,7H2,1H3. The van der Waals surface area contributed by atoms with Crippen molar-refractivity contribution < 1.29 is 32.9 Å². The molecule has 0 saturated heterocycles. The molecule has 4 nitrogen and oxygen atoms in total. The van der Waals surface area contributed by atoms with Crippen LogP contribution in [0.2, 0.25) is 0 Å². The normalized spacial score (nSPS) is 12.2. The Kier molecular flexibility index (Phi) is 6.03. The summed E-state index contributed by atoms with van der Waals surface area (Å²) in [6, 6.07) is 7.41. The number of phenolic OH excluding ortho intramolecular Hbond substituents is 1. The van der Waals surface area contributed by atoms with Gasteiger partial charge >= 0.3 is 5.97 Å². The number of alkyl halides is 2. The summed E-state index contributed by atoms with van der Waals surface area (Å²) in [5, 5.41) is 20.3. The van der Waals surface area contributed by atoms with Crippen LogP contribution < -0.4 is 0 Å². The number of hydrogen-bond donors (Lipinski definition) is 2. The fraction of sp³-hybridized carbons (Fsp3) is 0.278. The van der Waals surface area contributed by atoms with Crippen molar-refractivity contribution in [3.05, 3.63) is 64.5 Å². The van der Waals surface area contributed by atoms with Crippen LogP contribution in [0.1, 0.15) is 40.1 Å². The van der Waals surface area contributed by atoms with E-state index in [4.69, 9.17) is 4.74 Å². The van der Waals surface area contributed by atoms with Crippen molar-refractivity contribution in [2.24, 2.45) is 0 Å². The van der Waals surface area contributed by atoms with Gasteiger partial charge in [0.1, 0.15) is 17.7 Å². The van der Waals surface area contributed by atoms with Crippen LogP contribution in [-0.4, -0.2) is 29.2 Å². The average molecular weight is 354 g/mol. The Morgan fingerprint density at radius 1 is 1.20 bits per heavy atom. The molecule has 0 aliphatic heterocycles. The smallest absolute Gasteiger partial charge is 0.338 e. The van der Waals surface area contributed by atoms with E-state index in [9.17, 15) is 28.2 Å². The van der Waals surface area contributed by atoms with Crippen LogP contribution in [-0.2, 0) is 11.2 Å². The summed E-state index contributed by atoms with van der Waals surface area (Å²) in [6.07, 6.45) is -4.44. The first-order valence-corrected chi connectivity index (χ1v) is 7.58. The minimum absolute atomic E-state index is 0.0938. The van der Waals surface area contributed by atoms with Crippen LogP contribution in [0.15, 0.2) is 36.4 Å². The van der Waals surface area contributed by atoms with Gasteiger partial charge in [0.25, 0.3) is 0 Å². The molecule has 2 aromatic rings. The number of aliphatic hydroxyl groups is 1. The van der Waals surface area contributed by atoms with E-state index in [0.29, 0.717) is 5.56 Å². The Labute approximate surface area is 142 Å². The van der Waals surface area contributed by atoms with Gasteiger partial charge < -0.3 is 14.9 Å². The zero-order chi connectivity index (χ0) is 18.6. The molecule has 2 rings (SSSR count). The summed E-state index contributed by atoms with van der Waals surface area (Å²) in [5.41, 5.74) is -0.000793. The number of hydrogen-bond acceptors (Lipinski definition) is 4. The molecule has 0 aliphatic carbocycles. The Morgan fingerprint density at radius 2 is 1.84 bits per heavy atom. The van der Waals surface area contributed by atoms with E-state index in [-0.39, 0.29) is 17.7 Å².